The van der Waals surface area contributed by atoms with E-state index in [-0.39, 0.29) is 12.0 Å². The summed E-state index contributed by atoms with van der Waals surface area (Å²) >= 11 is 0. The molecule has 1 aromatic heterocycles. The Kier molecular flexibility index (Phi) is 5.50. The van der Waals surface area contributed by atoms with Gasteiger partial charge in [0.1, 0.15) is 6.10 Å². The molecule has 144 valence electrons. The van der Waals surface area contributed by atoms with Crippen LogP contribution in [0.3, 0.4) is 0 Å². The second-order valence-corrected chi connectivity index (χ2v) is 6.93. The van der Waals surface area contributed by atoms with Gasteiger partial charge in [0.2, 0.25) is 5.91 Å². The van der Waals surface area contributed by atoms with Crippen LogP contribution in [0.2, 0.25) is 0 Å². The van der Waals surface area contributed by atoms with Crippen molar-refractivity contribution in [3.8, 4) is 16.9 Å². The highest BCUT2D eigenvalue weighted by Gasteiger charge is 2.29. The number of nitrogens with zero attached hydrogens (tertiary/aromatic N) is 2. The lowest BCUT2D eigenvalue weighted by Gasteiger charge is -2.12. The van der Waals surface area contributed by atoms with Crippen molar-refractivity contribution < 1.29 is 9.53 Å². The van der Waals surface area contributed by atoms with E-state index >= 15 is 0 Å². The molecule has 3 N–H and O–H groups in total. The van der Waals surface area contributed by atoms with E-state index in [4.69, 9.17) is 15.6 Å². The fraction of sp³-hybridized carbons (Fsp3) is 0.273. The summed E-state index contributed by atoms with van der Waals surface area (Å²) in [6, 6.07) is 19.9. The number of ether oxygens (including phenoxy) is 1. The molecule has 2 heterocycles. The van der Waals surface area contributed by atoms with Crippen molar-refractivity contribution in [2.75, 3.05) is 6.54 Å². The summed E-state index contributed by atoms with van der Waals surface area (Å²) < 4.78 is 7.54. The zero-order chi connectivity index (χ0) is 19.3. The molecule has 6 heteroatoms. The fourth-order valence-corrected chi connectivity index (χ4v) is 3.46. The van der Waals surface area contributed by atoms with Crippen LogP contribution < -0.4 is 11.1 Å². The number of amides is 1. The summed E-state index contributed by atoms with van der Waals surface area (Å²) in [5.41, 5.74) is 9.44. The topological polar surface area (TPSA) is 82.2 Å². The van der Waals surface area contributed by atoms with Crippen LogP contribution in [-0.2, 0) is 16.1 Å². The Morgan fingerprint density at radius 2 is 1.82 bits per heavy atom. The quantitative estimate of drug-likeness (QED) is 0.693. The maximum Gasteiger partial charge on any atom is 0.249 e. The number of rotatable bonds is 6. The highest BCUT2D eigenvalue weighted by molar-refractivity contribution is 5.81. The van der Waals surface area contributed by atoms with Crippen molar-refractivity contribution in [2.24, 2.45) is 5.73 Å². The molecular formula is C22H24N4O2. The number of nitrogens with one attached hydrogen (secondary N) is 1. The van der Waals surface area contributed by atoms with E-state index in [2.05, 4.69) is 5.32 Å². The Morgan fingerprint density at radius 3 is 2.50 bits per heavy atom. The molecule has 28 heavy (non-hydrogen) atoms. The van der Waals surface area contributed by atoms with E-state index in [1.54, 1.807) is 0 Å². The molecule has 0 spiro atoms. The van der Waals surface area contributed by atoms with Crippen molar-refractivity contribution >= 4 is 5.91 Å². The average Bonchev–Trinajstić information content (AvgIpc) is 3.41. The molecular weight excluding hydrogens is 352 g/mol. The Morgan fingerprint density at radius 1 is 1.11 bits per heavy atom. The number of para-hydroxylation sites is 1. The number of carbonyl (C=O) groups is 1. The van der Waals surface area contributed by atoms with Crippen LogP contribution >= 0.6 is 0 Å². The molecule has 1 aliphatic heterocycles. The lowest BCUT2D eigenvalue weighted by molar-refractivity contribution is -0.132. The third-order valence-electron chi connectivity index (χ3n) is 4.97. The van der Waals surface area contributed by atoms with Crippen LogP contribution in [0.1, 0.15) is 18.4 Å². The first-order valence-electron chi connectivity index (χ1n) is 9.57. The van der Waals surface area contributed by atoms with E-state index in [0.717, 1.165) is 28.9 Å². The predicted octanol–water partition coefficient (Wildman–Crippen LogP) is 2.66. The number of nitrogens with two attached hydrogens (primary N) is 1. The summed E-state index contributed by atoms with van der Waals surface area (Å²) in [7, 11) is 0. The van der Waals surface area contributed by atoms with Crippen LogP contribution in [-0.4, -0.2) is 34.4 Å². The lowest BCUT2D eigenvalue weighted by Crippen LogP contribution is -2.35. The van der Waals surface area contributed by atoms with Gasteiger partial charge in [0.05, 0.1) is 17.5 Å². The zero-order valence-electron chi connectivity index (χ0n) is 15.6. The van der Waals surface area contributed by atoms with Gasteiger partial charge in [0.25, 0.3) is 0 Å². The molecule has 1 saturated heterocycles. The van der Waals surface area contributed by atoms with E-state index in [0.29, 0.717) is 19.5 Å². The number of carbonyl (C=O) groups excluding carboxylic acids is 1. The van der Waals surface area contributed by atoms with Gasteiger partial charge in [-0.25, -0.2) is 4.68 Å². The molecule has 4 rings (SSSR count). The Hall–Kier alpha value is -2.96. The number of hydrogen-bond donors (Lipinski definition) is 2. The molecule has 0 radical (unpaired) electrons. The maximum atomic E-state index is 12.5. The third-order valence-corrected chi connectivity index (χ3v) is 4.97. The van der Waals surface area contributed by atoms with Crippen molar-refractivity contribution in [1.82, 2.24) is 15.1 Å². The largest absolute Gasteiger partial charge is 0.364 e. The minimum atomic E-state index is -0.419. The van der Waals surface area contributed by atoms with Crippen molar-refractivity contribution in [3.05, 3.63) is 72.4 Å². The standard InChI is InChI=1S/C22H24N4O2/c23-13-19-11-12-20(28-19)22(27)24-14-17-15-26(18-9-5-2-6-10-18)25-21(17)16-7-3-1-4-8-16/h1-10,15,19-20H,11-14,23H2,(H,24,27)/t19-,20+/m1/s1. The smallest absolute Gasteiger partial charge is 0.249 e. The van der Waals surface area contributed by atoms with Crippen LogP contribution in [0.4, 0.5) is 0 Å². The van der Waals surface area contributed by atoms with Gasteiger partial charge in [0, 0.05) is 30.4 Å². The molecule has 0 bridgehead atoms. The number of hydrogen-bond acceptors (Lipinski definition) is 4. The molecule has 1 fully saturated rings. The van der Waals surface area contributed by atoms with E-state index in [1.807, 2.05) is 71.5 Å². The van der Waals surface area contributed by atoms with Crippen LogP contribution in [0.15, 0.2) is 66.9 Å². The Labute approximate surface area is 164 Å². The van der Waals surface area contributed by atoms with Crippen molar-refractivity contribution in [3.63, 3.8) is 0 Å². The van der Waals surface area contributed by atoms with Crippen molar-refractivity contribution in [1.29, 1.82) is 0 Å². The van der Waals surface area contributed by atoms with Gasteiger partial charge in [-0.1, -0.05) is 48.5 Å². The first kappa shape index (κ1) is 18.4. The third kappa shape index (κ3) is 3.98. The minimum absolute atomic E-state index is 0.0172. The minimum Gasteiger partial charge on any atom is -0.364 e. The summed E-state index contributed by atoms with van der Waals surface area (Å²) in [4.78, 5) is 12.5. The second-order valence-electron chi connectivity index (χ2n) is 6.93. The van der Waals surface area contributed by atoms with Gasteiger partial charge in [-0.15, -0.1) is 0 Å². The van der Waals surface area contributed by atoms with Crippen LogP contribution in [0.25, 0.3) is 16.9 Å². The maximum absolute atomic E-state index is 12.5. The van der Waals surface area contributed by atoms with Gasteiger partial charge in [-0.3, -0.25) is 4.79 Å². The van der Waals surface area contributed by atoms with Gasteiger partial charge >= 0.3 is 0 Å². The Balaban J connectivity index is 1.55. The first-order chi connectivity index (χ1) is 13.7. The lowest BCUT2D eigenvalue weighted by atomic mass is 10.1. The van der Waals surface area contributed by atoms with Gasteiger partial charge in [0.15, 0.2) is 0 Å². The number of aromatic nitrogens is 2. The predicted molar refractivity (Wildman–Crippen MR) is 108 cm³/mol. The fourth-order valence-electron chi connectivity index (χ4n) is 3.46. The molecule has 1 aliphatic rings. The van der Waals surface area contributed by atoms with E-state index < -0.39 is 6.10 Å². The summed E-state index contributed by atoms with van der Waals surface area (Å²) in [5, 5.41) is 7.77. The van der Waals surface area contributed by atoms with Crippen molar-refractivity contribution in [2.45, 2.75) is 31.6 Å². The van der Waals surface area contributed by atoms with Crippen LogP contribution in [0.5, 0.6) is 0 Å². The SMILES string of the molecule is NC[C@H]1CC[C@@H](C(=O)NCc2cn(-c3ccccc3)nc2-c2ccccc2)O1. The molecule has 2 atom stereocenters. The normalized spacial score (nSPS) is 18.9. The summed E-state index contributed by atoms with van der Waals surface area (Å²) in [6.45, 7) is 0.842. The highest BCUT2D eigenvalue weighted by atomic mass is 16.5. The molecule has 0 saturated carbocycles. The highest BCUT2D eigenvalue weighted by Crippen LogP contribution is 2.24. The van der Waals surface area contributed by atoms with Gasteiger partial charge in [-0.2, -0.15) is 5.10 Å². The molecule has 3 aromatic rings. The Bertz CT molecular complexity index is 924. The average molecular weight is 376 g/mol. The molecule has 2 aromatic carbocycles. The molecule has 1 amide bonds. The summed E-state index contributed by atoms with van der Waals surface area (Å²) in [6.07, 6.45) is 3.07. The van der Waals surface area contributed by atoms with E-state index in [9.17, 15) is 4.79 Å². The monoisotopic (exact) mass is 376 g/mol. The molecule has 0 unspecified atom stereocenters. The first-order valence-corrected chi connectivity index (χ1v) is 9.57. The second kappa shape index (κ2) is 8.37. The molecule has 6 nitrogen and oxygen atoms in total. The van der Waals surface area contributed by atoms with E-state index in [1.165, 1.54) is 0 Å². The molecule has 0 aliphatic carbocycles. The summed E-state index contributed by atoms with van der Waals surface area (Å²) in [5.74, 6) is -0.0950. The number of benzene rings is 2. The van der Waals surface area contributed by atoms with Gasteiger partial charge in [-0.05, 0) is 25.0 Å². The zero-order valence-corrected chi connectivity index (χ0v) is 15.6. The van der Waals surface area contributed by atoms with Gasteiger partial charge < -0.3 is 15.8 Å². The van der Waals surface area contributed by atoms with Crippen LogP contribution in [0, 0.1) is 0 Å².